The molecule has 0 bridgehead atoms. The van der Waals surface area contributed by atoms with Gasteiger partial charge in [-0.3, -0.25) is 0 Å². The van der Waals surface area contributed by atoms with Crippen LogP contribution in [0.25, 0.3) is 0 Å². The summed E-state index contributed by atoms with van der Waals surface area (Å²) in [7, 11) is -3.89. The summed E-state index contributed by atoms with van der Waals surface area (Å²) < 4.78 is 64.7. The molecule has 0 aromatic carbocycles. The van der Waals surface area contributed by atoms with E-state index in [-0.39, 0.29) is 10.9 Å². The van der Waals surface area contributed by atoms with E-state index in [1.807, 2.05) is 4.98 Å². The van der Waals surface area contributed by atoms with Gasteiger partial charge in [0, 0.05) is 25.3 Å². The molecule has 3 rings (SSSR count). The van der Waals surface area contributed by atoms with E-state index in [2.05, 4.69) is 4.90 Å². The fraction of sp³-hybridized carbons (Fsp3) is 0.714. The Morgan fingerprint density at radius 1 is 1.17 bits per heavy atom. The van der Waals surface area contributed by atoms with E-state index in [0.717, 1.165) is 45.0 Å². The van der Waals surface area contributed by atoms with Gasteiger partial charge in [0.2, 0.25) is 10.0 Å². The van der Waals surface area contributed by atoms with Gasteiger partial charge in [-0.05, 0) is 44.8 Å². The van der Waals surface area contributed by atoms with Crippen LogP contribution in [0.1, 0.15) is 31.4 Å². The Kier molecular flexibility index (Phi) is 4.45. The molecule has 1 N–H and O–H groups in total. The van der Waals surface area contributed by atoms with Crippen LogP contribution in [0.4, 0.5) is 13.2 Å². The van der Waals surface area contributed by atoms with Gasteiger partial charge in [0.05, 0.1) is 0 Å². The Hall–Kier alpha value is -1.06. The molecule has 2 aliphatic heterocycles. The molecule has 1 aromatic heterocycles. The molecule has 0 aliphatic carbocycles. The molecule has 2 aliphatic rings. The lowest BCUT2D eigenvalue weighted by Gasteiger charge is -2.27. The maximum atomic E-state index is 12.7. The van der Waals surface area contributed by atoms with Gasteiger partial charge in [-0.2, -0.15) is 17.5 Å². The first-order valence-electron chi connectivity index (χ1n) is 7.78. The lowest BCUT2D eigenvalue weighted by Crippen LogP contribution is -2.42. The Balaban J connectivity index is 1.79. The van der Waals surface area contributed by atoms with E-state index in [1.165, 1.54) is 4.31 Å². The van der Waals surface area contributed by atoms with Gasteiger partial charge >= 0.3 is 6.18 Å². The van der Waals surface area contributed by atoms with Gasteiger partial charge < -0.3 is 9.88 Å². The number of alkyl halides is 3. The number of hydrogen-bond donors (Lipinski definition) is 1. The molecule has 0 spiro atoms. The van der Waals surface area contributed by atoms with Crippen molar-refractivity contribution in [3.63, 3.8) is 0 Å². The predicted octanol–water partition coefficient (Wildman–Crippen LogP) is 2.28. The molecule has 0 unspecified atom stereocenters. The van der Waals surface area contributed by atoms with Crippen molar-refractivity contribution in [2.75, 3.05) is 26.2 Å². The Morgan fingerprint density at radius 3 is 2.48 bits per heavy atom. The normalized spacial score (nSPS) is 24.6. The van der Waals surface area contributed by atoms with Crippen LogP contribution >= 0.6 is 0 Å². The van der Waals surface area contributed by atoms with E-state index < -0.39 is 21.9 Å². The zero-order valence-corrected chi connectivity index (χ0v) is 13.5. The number of likely N-dealkylation sites (tertiary alicyclic amines) is 1. The first-order valence-corrected chi connectivity index (χ1v) is 9.22. The van der Waals surface area contributed by atoms with Gasteiger partial charge in [-0.1, -0.05) is 0 Å². The number of sulfonamides is 1. The number of aromatic nitrogens is 1. The summed E-state index contributed by atoms with van der Waals surface area (Å²) >= 11 is 0. The lowest BCUT2D eigenvalue weighted by atomic mass is 10.2. The highest BCUT2D eigenvalue weighted by molar-refractivity contribution is 7.89. The highest BCUT2D eigenvalue weighted by Crippen LogP contribution is 2.32. The highest BCUT2D eigenvalue weighted by Gasteiger charge is 2.39. The highest BCUT2D eigenvalue weighted by atomic mass is 32.2. The van der Waals surface area contributed by atoms with Crippen LogP contribution in [-0.4, -0.2) is 54.8 Å². The molecule has 1 atom stereocenters. The number of H-pyrrole nitrogens is 1. The minimum Gasteiger partial charge on any atom is -0.356 e. The molecule has 1 aromatic rings. The molecular formula is C14H20F3N3O2S. The number of nitrogens with one attached hydrogen (secondary N) is 1. The van der Waals surface area contributed by atoms with Gasteiger partial charge in [0.15, 0.2) is 0 Å². The molecule has 9 heteroatoms. The van der Waals surface area contributed by atoms with Crippen LogP contribution in [-0.2, 0) is 16.2 Å². The van der Waals surface area contributed by atoms with Crippen LogP contribution in [0.15, 0.2) is 17.2 Å². The van der Waals surface area contributed by atoms with Crippen molar-refractivity contribution in [3.05, 3.63) is 18.0 Å². The summed E-state index contributed by atoms with van der Waals surface area (Å²) in [6, 6.07) is 0.531. The fourth-order valence-corrected chi connectivity index (χ4v) is 5.07. The first-order chi connectivity index (χ1) is 10.8. The minimum absolute atomic E-state index is 0.151. The molecule has 23 heavy (non-hydrogen) atoms. The van der Waals surface area contributed by atoms with Crippen molar-refractivity contribution < 1.29 is 21.6 Å². The number of halogens is 3. The largest absolute Gasteiger partial charge is 0.431 e. The Bertz CT molecular complexity index is 650. The van der Waals surface area contributed by atoms with E-state index in [9.17, 15) is 21.6 Å². The van der Waals surface area contributed by atoms with Crippen molar-refractivity contribution in [1.82, 2.24) is 14.2 Å². The van der Waals surface area contributed by atoms with Crippen LogP contribution in [0.3, 0.4) is 0 Å². The summed E-state index contributed by atoms with van der Waals surface area (Å²) in [6.07, 6.45) is 0.0934. The quantitative estimate of drug-likeness (QED) is 0.905. The molecule has 0 amide bonds. The zero-order chi connectivity index (χ0) is 16.7. The average molecular weight is 351 g/mol. The standard InChI is InChI=1S/C14H20F3N3O2S/c15-14(16,17)13-8-12(9-18-13)23(21,22)20-7-3-4-11(20)10-19-5-1-2-6-19/h8-9,11,18H,1-7,10H2/t11-/m1/s1. The maximum absolute atomic E-state index is 12.7. The second kappa shape index (κ2) is 6.10. The second-order valence-electron chi connectivity index (χ2n) is 6.17. The number of nitrogens with zero attached hydrogens (tertiary/aromatic N) is 2. The monoisotopic (exact) mass is 351 g/mol. The Morgan fingerprint density at radius 2 is 1.87 bits per heavy atom. The molecule has 130 valence electrons. The lowest BCUT2D eigenvalue weighted by molar-refractivity contribution is -0.140. The number of rotatable bonds is 4. The zero-order valence-electron chi connectivity index (χ0n) is 12.6. The summed E-state index contributed by atoms with van der Waals surface area (Å²) in [5, 5.41) is 0. The van der Waals surface area contributed by atoms with Crippen molar-refractivity contribution in [2.45, 2.75) is 42.8 Å². The smallest absolute Gasteiger partial charge is 0.356 e. The predicted molar refractivity (Wildman–Crippen MR) is 78.4 cm³/mol. The van der Waals surface area contributed by atoms with E-state index in [4.69, 9.17) is 0 Å². The topological polar surface area (TPSA) is 56.4 Å². The number of aromatic amines is 1. The Labute approximate surface area is 133 Å². The van der Waals surface area contributed by atoms with Gasteiger partial charge in [-0.15, -0.1) is 0 Å². The van der Waals surface area contributed by atoms with Crippen molar-refractivity contribution in [3.8, 4) is 0 Å². The van der Waals surface area contributed by atoms with Crippen molar-refractivity contribution >= 4 is 10.0 Å². The van der Waals surface area contributed by atoms with E-state index >= 15 is 0 Å². The van der Waals surface area contributed by atoms with E-state index in [0.29, 0.717) is 19.2 Å². The van der Waals surface area contributed by atoms with Crippen LogP contribution in [0, 0.1) is 0 Å². The van der Waals surface area contributed by atoms with Crippen LogP contribution < -0.4 is 0 Å². The summed E-state index contributed by atoms with van der Waals surface area (Å²) in [5.41, 5.74) is -1.04. The van der Waals surface area contributed by atoms with Gasteiger partial charge in [0.25, 0.3) is 0 Å². The molecule has 3 heterocycles. The molecule has 2 saturated heterocycles. The summed E-state index contributed by atoms with van der Waals surface area (Å²) in [4.78, 5) is 3.95. The average Bonchev–Trinajstić information content (AvgIpc) is 3.20. The van der Waals surface area contributed by atoms with Crippen molar-refractivity contribution in [1.29, 1.82) is 0 Å². The SMILES string of the molecule is O=S(=O)(c1c[nH]c(C(F)(F)F)c1)N1CCC[C@@H]1CN1CCCC1. The maximum Gasteiger partial charge on any atom is 0.431 e. The van der Waals surface area contributed by atoms with E-state index in [1.54, 1.807) is 0 Å². The molecule has 2 fully saturated rings. The molecular weight excluding hydrogens is 331 g/mol. The third kappa shape index (κ3) is 3.41. The van der Waals surface area contributed by atoms with Gasteiger partial charge in [0.1, 0.15) is 10.6 Å². The minimum atomic E-state index is -4.58. The summed E-state index contributed by atoms with van der Waals surface area (Å²) in [5.74, 6) is 0. The number of hydrogen-bond acceptors (Lipinski definition) is 3. The third-order valence-corrected chi connectivity index (χ3v) is 6.49. The summed E-state index contributed by atoms with van der Waals surface area (Å²) in [6.45, 7) is 2.96. The second-order valence-corrected chi connectivity index (χ2v) is 8.06. The molecule has 5 nitrogen and oxygen atoms in total. The molecule has 0 radical (unpaired) electrons. The van der Waals surface area contributed by atoms with Gasteiger partial charge in [-0.25, -0.2) is 8.42 Å². The van der Waals surface area contributed by atoms with Crippen LogP contribution in [0.2, 0.25) is 0 Å². The van der Waals surface area contributed by atoms with Crippen molar-refractivity contribution in [2.24, 2.45) is 0 Å². The van der Waals surface area contributed by atoms with Crippen LogP contribution in [0.5, 0.6) is 0 Å². The molecule has 0 saturated carbocycles. The fourth-order valence-electron chi connectivity index (χ4n) is 3.39. The first kappa shape index (κ1) is 16.8. The third-order valence-electron chi connectivity index (χ3n) is 4.56.